The fraction of sp³-hybridized carbons (Fsp3) is 0.333. The molecule has 0 spiro atoms. The van der Waals surface area contributed by atoms with E-state index in [0.29, 0.717) is 37.7 Å². The fourth-order valence-electron chi connectivity index (χ4n) is 4.39. The van der Waals surface area contributed by atoms with Crippen LogP contribution in [-0.4, -0.2) is 50.4 Å². The monoisotopic (exact) mass is 464 g/mol. The molecule has 6 heteroatoms. The Bertz CT molecular complexity index is 1100. The van der Waals surface area contributed by atoms with Crippen LogP contribution in [0.25, 0.3) is 0 Å². The minimum atomic E-state index is -3.55. The third-order valence-electron chi connectivity index (χ3n) is 6.11. The van der Waals surface area contributed by atoms with E-state index < -0.39 is 10.0 Å². The Morgan fingerprint density at radius 2 is 1.42 bits per heavy atom. The van der Waals surface area contributed by atoms with Crippen molar-refractivity contribution in [3.63, 3.8) is 0 Å². The summed E-state index contributed by atoms with van der Waals surface area (Å²) < 4.78 is 34.0. The maximum absolute atomic E-state index is 13.3. The summed E-state index contributed by atoms with van der Waals surface area (Å²) in [5.74, 6) is 0.745. The van der Waals surface area contributed by atoms with Crippen LogP contribution < -0.4 is 4.74 Å². The van der Waals surface area contributed by atoms with Crippen LogP contribution in [0.4, 0.5) is 0 Å². The first-order chi connectivity index (χ1) is 16.0. The molecule has 1 aliphatic rings. The molecule has 0 unspecified atom stereocenters. The Labute approximate surface area is 197 Å². The molecule has 0 atom stereocenters. The number of aryl methyl sites for hydroxylation is 1. The molecule has 0 amide bonds. The van der Waals surface area contributed by atoms with Crippen LogP contribution >= 0.6 is 0 Å². The molecule has 0 saturated carbocycles. The number of ether oxygens (including phenoxy) is 1. The second-order valence-electron chi connectivity index (χ2n) is 8.44. The van der Waals surface area contributed by atoms with E-state index in [1.54, 1.807) is 22.5 Å². The summed E-state index contributed by atoms with van der Waals surface area (Å²) in [7, 11) is -3.55. The average molecular weight is 465 g/mol. The Morgan fingerprint density at radius 3 is 1.94 bits per heavy atom. The summed E-state index contributed by atoms with van der Waals surface area (Å²) in [6.07, 6.45) is 0.913. The molecule has 1 saturated heterocycles. The summed E-state index contributed by atoms with van der Waals surface area (Å²) in [5, 5.41) is 0. The van der Waals surface area contributed by atoms with E-state index in [9.17, 15) is 8.42 Å². The van der Waals surface area contributed by atoms with Crippen molar-refractivity contribution < 1.29 is 13.2 Å². The van der Waals surface area contributed by atoms with Crippen LogP contribution in [0.15, 0.2) is 83.8 Å². The Hall–Kier alpha value is -2.67. The van der Waals surface area contributed by atoms with Gasteiger partial charge in [-0.1, -0.05) is 67.6 Å². The van der Waals surface area contributed by atoms with Gasteiger partial charge < -0.3 is 4.74 Å². The molecule has 0 aromatic heterocycles. The molecule has 1 fully saturated rings. The van der Waals surface area contributed by atoms with E-state index in [-0.39, 0.29) is 6.04 Å². The molecular formula is C27H32N2O3S. The number of rotatable bonds is 8. The maximum atomic E-state index is 13.3. The van der Waals surface area contributed by atoms with Crippen molar-refractivity contribution in [1.82, 2.24) is 9.21 Å². The van der Waals surface area contributed by atoms with Gasteiger partial charge in [-0.2, -0.15) is 4.31 Å². The largest absolute Gasteiger partial charge is 0.493 e. The number of hydrogen-bond donors (Lipinski definition) is 0. The predicted molar refractivity (Wildman–Crippen MR) is 132 cm³/mol. The van der Waals surface area contributed by atoms with Gasteiger partial charge in [-0.3, -0.25) is 4.90 Å². The van der Waals surface area contributed by atoms with Crippen molar-refractivity contribution in [1.29, 1.82) is 0 Å². The van der Waals surface area contributed by atoms with Gasteiger partial charge in [0.05, 0.1) is 17.5 Å². The zero-order valence-electron chi connectivity index (χ0n) is 19.4. The molecule has 174 valence electrons. The highest BCUT2D eigenvalue weighted by Gasteiger charge is 2.32. The number of nitrogens with zero attached hydrogens (tertiary/aromatic N) is 2. The molecule has 0 bridgehead atoms. The van der Waals surface area contributed by atoms with E-state index >= 15 is 0 Å². The summed E-state index contributed by atoms with van der Waals surface area (Å²) >= 11 is 0. The molecule has 0 aliphatic carbocycles. The predicted octanol–water partition coefficient (Wildman–Crippen LogP) is 4.88. The van der Waals surface area contributed by atoms with E-state index in [1.807, 2.05) is 26.0 Å². The van der Waals surface area contributed by atoms with Gasteiger partial charge >= 0.3 is 0 Å². The van der Waals surface area contributed by atoms with Crippen molar-refractivity contribution >= 4 is 10.0 Å². The van der Waals surface area contributed by atoms with Crippen LogP contribution in [0.3, 0.4) is 0 Å². The van der Waals surface area contributed by atoms with E-state index in [1.165, 1.54) is 11.1 Å². The average Bonchev–Trinajstić information content (AvgIpc) is 2.85. The zero-order chi connectivity index (χ0) is 23.3. The van der Waals surface area contributed by atoms with Gasteiger partial charge in [0, 0.05) is 26.2 Å². The maximum Gasteiger partial charge on any atom is 0.243 e. The van der Waals surface area contributed by atoms with Gasteiger partial charge in [-0.25, -0.2) is 8.42 Å². The fourth-order valence-corrected chi connectivity index (χ4v) is 5.90. The third-order valence-corrected chi connectivity index (χ3v) is 8.01. The van der Waals surface area contributed by atoms with Crippen molar-refractivity contribution in [2.24, 2.45) is 0 Å². The van der Waals surface area contributed by atoms with Crippen molar-refractivity contribution in [3.8, 4) is 5.75 Å². The van der Waals surface area contributed by atoms with Gasteiger partial charge in [0.25, 0.3) is 0 Å². The Balaban J connectivity index is 1.51. The van der Waals surface area contributed by atoms with Crippen molar-refractivity contribution in [2.45, 2.75) is 31.2 Å². The first kappa shape index (κ1) is 23.5. The smallest absolute Gasteiger partial charge is 0.243 e. The minimum absolute atomic E-state index is 0.106. The van der Waals surface area contributed by atoms with Gasteiger partial charge in [0.2, 0.25) is 10.0 Å². The highest BCUT2D eigenvalue weighted by Crippen LogP contribution is 2.31. The lowest BCUT2D eigenvalue weighted by Gasteiger charge is -2.39. The molecule has 5 nitrogen and oxygen atoms in total. The number of sulfonamides is 1. The van der Waals surface area contributed by atoms with Gasteiger partial charge in [-0.15, -0.1) is 0 Å². The number of benzene rings is 3. The third kappa shape index (κ3) is 5.29. The molecule has 4 rings (SSSR count). The second kappa shape index (κ2) is 10.5. The SMILES string of the molecule is CCCOc1ccc(S(=O)(=O)N2CCN(C(c3ccccc3)c3ccccc3)CC2)cc1C. The lowest BCUT2D eigenvalue weighted by Crippen LogP contribution is -2.49. The van der Waals surface area contributed by atoms with Crippen molar-refractivity contribution in [2.75, 3.05) is 32.8 Å². The number of hydrogen-bond acceptors (Lipinski definition) is 4. The lowest BCUT2D eigenvalue weighted by molar-refractivity contribution is 0.156. The summed E-state index contributed by atoms with van der Waals surface area (Å²) in [5.41, 5.74) is 3.29. The van der Waals surface area contributed by atoms with E-state index in [4.69, 9.17) is 4.74 Å². The second-order valence-corrected chi connectivity index (χ2v) is 10.4. The molecule has 0 N–H and O–H groups in total. The molecule has 3 aromatic carbocycles. The lowest BCUT2D eigenvalue weighted by atomic mass is 9.96. The van der Waals surface area contributed by atoms with Crippen LogP contribution in [0.5, 0.6) is 5.75 Å². The first-order valence-electron chi connectivity index (χ1n) is 11.6. The van der Waals surface area contributed by atoms with Gasteiger partial charge in [0.1, 0.15) is 5.75 Å². The normalized spacial score (nSPS) is 15.6. The first-order valence-corrected chi connectivity index (χ1v) is 13.0. The molecule has 33 heavy (non-hydrogen) atoms. The minimum Gasteiger partial charge on any atom is -0.493 e. The zero-order valence-corrected chi connectivity index (χ0v) is 20.2. The Kier molecular flexibility index (Phi) is 7.48. The van der Waals surface area contributed by atoms with Crippen molar-refractivity contribution in [3.05, 3.63) is 95.6 Å². The summed E-state index contributed by atoms with van der Waals surface area (Å²) in [4.78, 5) is 2.71. The van der Waals surface area contributed by atoms with Crippen LogP contribution in [0, 0.1) is 6.92 Å². The highest BCUT2D eigenvalue weighted by atomic mass is 32.2. The molecule has 0 radical (unpaired) electrons. The summed E-state index contributed by atoms with van der Waals surface area (Å²) in [6, 6.07) is 26.1. The molecule has 1 heterocycles. The van der Waals surface area contributed by atoms with Crippen LogP contribution in [0.2, 0.25) is 0 Å². The highest BCUT2D eigenvalue weighted by molar-refractivity contribution is 7.89. The quantitative estimate of drug-likeness (QED) is 0.477. The van der Waals surface area contributed by atoms with Crippen LogP contribution in [0.1, 0.15) is 36.1 Å². The molecular weight excluding hydrogens is 432 g/mol. The van der Waals surface area contributed by atoms with Gasteiger partial charge in [0.15, 0.2) is 0 Å². The summed E-state index contributed by atoms with van der Waals surface area (Å²) in [6.45, 7) is 6.84. The topological polar surface area (TPSA) is 49.9 Å². The van der Waals surface area contributed by atoms with E-state index in [0.717, 1.165) is 17.7 Å². The van der Waals surface area contributed by atoms with Gasteiger partial charge in [-0.05, 0) is 48.2 Å². The number of piperazine rings is 1. The Morgan fingerprint density at radius 1 is 0.848 bits per heavy atom. The molecule has 1 aliphatic heterocycles. The van der Waals surface area contributed by atoms with Crippen LogP contribution in [-0.2, 0) is 10.0 Å². The molecule has 3 aromatic rings. The standard InChI is InChI=1S/C27H32N2O3S/c1-3-20-32-26-15-14-25(21-22(26)2)33(30,31)29-18-16-28(17-19-29)27(23-10-6-4-7-11-23)24-12-8-5-9-13-24/h4-15,21,27H,3,16-20H2,1-2H3. The van der Waals surface area contributed by atoms with E-state index in [2.05, 4.69) is 53.4 Å².